The van der Waals surface area contributed by atoms with Crippen LogP contribution in [0, 0.1) is 0 Å². The van der Waals surface area contributed by atoms with E-state index in [4.69, 9.17) is 8.85 Å². The summed E-state index contributed by atoms with van der Waals surface area (Å²) in [6.45, 7) is 7.00. The molecule has 1 atom stereocenters. The van der Waals surface area contributed by atoms with Gasteiger partial charge in [-0.2, -0.15) is 0 Å². The van der Waals surface area contributed by atoms with Crippen LogP contribution in [0.25, 0.3) is 0 Å². The van der Waals surface area contributed by atoms with Gasteiger partial charge in [-0.3, -0.25) is 0 Å². The second-order valence-corrected chi connectivity index (χ2v) is 4.71. The molecule has 86 valence electrons. The summed E-state index contributed by atoms with van der Waals surface area (Å²) in [5.74, 6) is 0. The molecule has 1 amide bonds. The van der Waals surface area contributed by atoms with Gasteiger partial charge in [0.15, 0.2) is 0 Å². The highest BCUT2D eigenvalue weighted by Crippen LogP contribution is 2.17. The Labute approximate surface area is 96.1 Å². The van der Waals surface area contributed by atoms with E-state index in [0.29, 0.717) is 0 Å². The number of carbonyl (C=O) groups excluding carboxylic acids is 1. The topological polar surface area (TPSA) is 38.3 Å². The third kappa shape index (κ3) is 4.86. The molecule has 0 heterocycles. The van der Waals surface area contributed by atoms with E-state index in [-0.39, 0.29) is 12.8 Å². The zero-order valence-corrected chi connectivity index (χ0v) is 9.81. The maximum atomic E-state index is 11.7. The Hall–Kier alpha value is -0.990. The Morgan fingerprint density at radius 1 is 1.73 bits per heavy atom. The summed E-state index contributed by atoms with van der Waals surface area (Å²) in [5, 5.41) is 2.35. The summed E-state index contributed by atoms with van der Waals surface area (Å²) in [5.41, 5.74) is 0.238. The van der Waals surface area contributed by atoms with Crippen molar-refractivity contribution in [3.05, 3.63) is 11.6 Å². The molecule has 0 fully saturated rings. The minimum Gasteiger partial charge on any atom is -0.444 e. The number of ether oxygens (including phenoxy) is 1. The molecule has 0 aromatic rings. The smallest absolute Gasteiger partial charge is 0.407 e. The molecule has 0 aromatic heterocycles. The van der Waals surface area contributed by atoms with Gasteiger partial charge >= 0.3 is 6.09 Å². The van der Waals surface area contributed by atoms with Gasteiger partial charge in [0.2, 0.25) is 0 Å². The molecule has 0 saturated heterocycles. The highest BCUT2D eigenvalue weighted by molar-refractivity contribution is 5.68. The van der Waals surface area contributed by atoms with Gasteiger partial charge in [0.25, 0.3) is 0 Å². The van der Waals surface area contributed by atoms with Crippen molar-refractivity contribution in [3.8, 4) is 0 Å². The third-order valence-corrected chi connectivity index (χ3v) is 1.89. The van der Waals surface area contributed by atoms with Crippen LogP contribution in [-0.4, -0.2) is 17.7 Å². The number of amides is 1. The Bertz CT molecular complexity index is 374. The lowest BCUT2D eigenvalue weighted by Crippen LogP contribution is -2.39. The molecule has 1 aliphatic rings. The largest absolute Gasteiger partial charge is 0.444 e. The summed E-state index contributed by atoms with van der Waals surface area (Å²) in [4.78, 5) is 11.7. The summed E-state index contributed by atoms with van der Waals surface area (Å²) in [6.07, 6.45) is -0.486. The van der Waals surface area contributed by atoms with Crippen LogP contribution in [0.15, 0.2) is 11.6 Å². The molecule has 0 bridgehead atoms. The first-order valence-corrected chi connectivity index (χ1v) is 5.12. The van der Waals surface area contributed by atoms with E-state index in [1.165, 1.54) is 0 Å². The van der Waals surface area contributed by atoms with Crippen LogP contribution in [0.5, 0.6) is 0 Å². The van der Waals surface area contributed by atoms with Crippen LogP contribution in [0.3, 0.4) is 0 Å². The normalized spacial score (nSPS) is 33.1. The van der Waals surface area contributed by atoms with Crippen molar-refractivity contribution in [2.45, 2.75) is 58.5 Å². The van der Waals surface area contributed by atoms with Gasteiger partial charge in [-0.05, 0) is 46.9 Å². The van der Waals surface area contributed by atoms with Gasteiger partial charge in [0.05, 0.1) is 1.37 Å². The number of alkyl carbamates (subject to hydrolysis) is 1. The van der Waals surface area contributed by atoms with Crippen molar-refractivity contribution in [2.24, 2.45) is 0 Å². The first-order chi connectivity index (χ1) is 7.95. The Morgan fingerprint density at radius 3 is 2.93 bits per heavy atom. The lowest BCUT2D eigenvalue weighted by Gasteiger charge is -2.25. The lowest BCUT2D eigenvalue weighted by atomic mass is 9.96. The van der Waals surface area contributed by atoms with Crippen LogP contribution in [0.1, 0.15) is 51.0 Å². The van der Waals surface area contributed by atoms with Gasteiger partial charge in [-0.25, -0.2) is 4.79 Å². The van der Waals surface area contributed by atoms with E-state index in [2.05, 4.69) is 5.32 Å². The fourth-order valence-electron chi connectivity index (χ4n) is 1.19. The molecule has 0 aliphatic heterocycles. The molecular formula is C12H21NO2. The van der Waals surface area contributed by atoms with E-state index in [1.54, 1.807) is 26.8 Å². The van der Waals surface area contributed by atoms with Crippen molar-refractivity contribution < 1.29 is 13.6 Å². The second-order valence-electron chi connectivity index (χ2n) is 4.71. The molecule has 0 aromatic carbocycles. The van der Waals surface area contributed by atoms with Crippen molar-refractivity contribution in [2.75, 3.05) is 0 Å². The van der Waals surface area contributed by atoms with E-state index in [1.807, 2.05) is 6.92 Å². The molecule has 15 heavy (non-hydrogen) atoms. The van der Waals surface area contributed by atoms with Crippen LogP contribution in [0.4, 0.5) is 4.79 Å². The average Bonchev–Trinajstić information content (AvgIpc) is 2.08. The lowest BCUT2D eigenvalue weighted by molar-refractivity contribution is 0.0501. The molecule has 3 nitrogen and oxygen atoms in total. The number of rotatable bonds is 1. The minimum absolute atomic E-state index is 0.144. The van der Waals surface area contributed by atoms with Crippen LogP contribution >= 0.6 is 0 Å². The van der Waals surface area contributed by atoms with Crippen LogP contribution in [-0.2, 0) is 4.74 Å². The Kier molecular flexibility index (Phi) is 2.56. The molecular weight excluding hydrogens is 190 g/mol. The monoisotopic (exact) mass is 214 g/mol. The fraction of sp³-hybridized carbons (Fsp3) is 0.750. The predicted octanol–water partition coefficient (Wildman–Crippen LogP) is 3.01. The van der Waals surface area contributed by atoms with Gasteiger partial charge in [-0.15, -0.1) is 0 Å². The van der Waals surface area contributed by atoms with Crippen molar-refractivity contribution >= 4 is 6.09 Å². The van der Waals surface area contributed by atoms with Crippen LogP contribution < -0.4 is 5.32 Å². The van der Waals surface area contributed by atoms with E-state index in [9.17, 15) is 4.79 Å². The quantitative estimate of drug-likeness (QED) is 0.681. The summed E-state index contributed by atoms with van der Waals surface area (Å²) in [7, 11) is 0. The van der Waals surface area contributed by atoms with Gasteiger partial charge < -0.3 is 10.1 Å². The maximum absolute atomic E-state index is 11.7. The highest BCUT2D eigenvalue weighted by atomic mass is 16.6. The van der Waals surface area contributed by atoms with E-state index in [0.717, 1.165) is 5.57 Å². The molecule has 1 N–H and O–H groups in total. The summed E-state index contributed by atoms with van der Waals surface area (Å²) >= 11 is 0. The molecule has 3 heteroatoms. The number of nitrogens with one attached hydrogen (secondary N) is 1. The molecule has 0 unspecified atom stereocenters. The highest BCUT2D eigenvalue weighted by Gasteiger charge is 2.20. The average molecular weight is 214 g/mol. The molecule has 1 rings (SSSR count). The minimum atomic E-state index is -1.80. The number of carbonyl (C=O) groups is 1. The van der Waals surface area contributed by atoms with E-state index < -0.39 is 24.1 Å². The third-order valence-electron chi connectivity index (χ3n) is 1.89. The molecule has 0 spiro atoms. The van der Waals surface area contributed by atoms with E-state index >= 15 is 0 Å². The number of allylic oxidation sites excluding steroid dienone is 1. The number of hydrogen-bond acceptors (Lipinski definition) is 2. The zero-order chi connectivity index (χ0) is 14.2. The Morgan fingerprint density at radius 2 is 2.40 bits per heavy atom. The van der Waals surface area contributed by atoms with Crippen LogP contribution in [0.2, 0.25) is 0 Å². The SMILES string of the molecule is [2H]C1([2H])CC(C)=CC[C@]1([2H])NC(=O)OC(C)(C)C. The van der Waals surface area contributed by atoms with Gasteiger partial charge in [0, 0.05) is 8.76 Å². The Balaban J connectivity index is 2.79. The predicted molar refractivity (Wildman–Crippen MR) is 60.8 cm³/mol. The van der Waals surface area contributed by atoms with Gasteiger partial charge in [-0.1, -0.05) is 11.6 Å². The molecule has 1 aliphatic carbocycles. The fourth-order valence-corrected chi connectivity index (χ4v) is 1.19. The summed E-state index contributed by atoms with van der Waals surface area (Å²) < 4.78 is 29.0. The van der Waals surface area contributed by atoms with Crippen molar-refractivity contribution in [1.82, 2.24) is 5.32 Å². The second kappa shape index (κ2) is 4.69. The van der Waals surface area contributed by atoms with Crippen molar-refractivity contribution in [1.29, 1.82) is 0 Å². The van der Waals surface area contributed by atoms with Gasteiger partial charge in [0.1, 0.15) is 5.60 Å². The van der Waals surface area contributed by atoms with Crippen molar-refractivity contribution in [3.63, 3.8) is 0 Å². The zero-order valence-electron chi connectivity index (χ0n) is 12.8. The first-order valence-electron chi connectivity index (χ1n) is 6.62. The maximum Gasteiger partial charge on any atom is 0.407 e. The molecule has 0 saturated carbocycles. The molecule has 0 radical (unpaired) electrons. The standard InChI is InChI=1S/C12H21NO2/c1-9-5-7-10(8-6-9)13-11(14)15-12(2,3)4/h5,10H,6-8H2,1-4H3,(H,13,14)/t10-/m0/s1/i8D2,10D. The number of hydrogen-bond donors (Lipinski definition) is 1. The summed E-state index contributed by atoms with van der Waals surface area (Å²) in [6, 6.07) is -1.67. The first kappa shape index (κ1) is 8.20.